The number of hydrogen-bond acceptors (Lipinski definition) is 1. The summed E-state index contributed by atoms with van der Waals surface area (Å²) in [4.78, 5) is 12.8. The highest BCUT2D eigenvalue weighted by atomic mass is 35.5. The van der Waals surface area contributed by atoms with Crippen LogP contribution in [-0.2, 0) is 11.3 Å². The largest absolute Gasteiger partial charge is 0.345 e. The fraction of sp³-hybridized carbons (Fsp3) is 0.278. The van der Waals surface area contributed by atoms with Crippen molar-refractivity contribution in [2.75, 3.05) is 13.6 Å². The molecule has 3 nitrogen and oxygen atoms in total. The number of amides is 1. The molecule has 0 saturated heterocycles. The second-order valence-corrected chi connectivity index (χ2v) is 6.37. The number of halogens is 4. The Kier molecular flexibility index (Phi) is 6.45. The van der Waals surface area contributed by atoms with Gasteiger partial charge in [0, 0.05) is 11.6 Å². The van der Waals surface area contributed by atoms with Crippen molar-refractivity contribution >= 4 is 17.5 Å². The molecular weight excluding hydrogens is 353 g/mol. The van der Waals surface area contributed by atoms with E-state index in [1.165, 1.54) is 18.2 Å². The first-order valence-electron chi connectivity index (χ1n) is 7.76. The van der Waals surface area contributed by atoms with Crippen LogP contribution in [0.2, 0.25) is 5.02 Å². The Morgan fingerprint density at radius 2 is 1.92 bits per heavy atom. The van der Waals surface area contributed by atoms with Crippen LogP contribution in [0.15, 0.2) is 36.4 Å². The van der Waals surface area contributed by atoms with Crippen LogP contribution < -0.4 is 10.2 Å². The van der Waals surface area contributed by atoms with Crippen molar-refractivity contribution in [2.24, 2.45) is 0 Å². The van der Waals surface area contributed by atoms with Gasteiger partial charge >= 0.3 is 0 Å². The Bertz CT molecular complexity index is 750. The van der Waals surface area contributed by atoms with E-state index in [9.17, 15) is 18.0 Å². The second-order valence-electron chi connectivity index (χ2n) is 5.97. The Labute approximate surface area is 149 Å². The summed E-state index contributed by atoms with van der Waals surface area (Å²) in [5.74, 6) is -2.15. The van der Waals surface area contributed by atoms with Crippen LogP contribution in [0.1, 0.15) is 24.1 Å². The van der Waals surface area contributed by atoms with E-state index in [0.717, 1.165) is 17.0 Å². The van der Waals surface area contributed by atoms with E-state index >= 15 is 0 Å². The van der Waals surface area contributed by atoms with E-state index in [2.05, 4.69) is 5.32 Å². The molecule has 0 fully saturated rings. The molecular formula is C18H19ClF3N2O+. The SMILES string of the molecule is C[C@@H](NC(=O)C[NH+](C)Cc1c(F)cccc1Cl)c1ccc(F)cc1F. The zero-order valence-electron chi connectivity index (χ0n) is 13.9. The zero-order chi connectivity index (χ0) is 18.6. The molecule has 2 N–H and O–H groups in total. The van der Waals surface area contributed by atoms with Gasteiger partial charge in [-0.3, -0.25) is 4.79 Å². The van der Waals surface area contributed by atoms with Crippen molar-refractivity contribution in [3.63, 3.8) is 0 Å². The summed E-state index contributed by atoms with van der Waals surface area (Å²) in [6.45, 7) is 1.90. The van der Waals surface area contributed by atoms with Crippen LogP contribution in [0.5, 0.6) is 0 Å². The number of rotatable bonds is 6. The van der Waals surface area contributed by atoms with Crippen molar-refractivity contribution in [3.8, 4) is 0 Å². The number of nitrogens with one attached hydrogen (secondary N) is 2. The van der Waals surface area contributed by atoms with E-state index in [1.807, 2.05) is 0 Å². The molecule has 0 aliphatic heterocycles. The minimum absolute atomic E-state index is 0.0534. The molecule has 2 aromatic carbocycles. The van der Waals surface area contributed by atoms with Crippen molar-refractivity contribution in [3.05, 3.63) is 70.0 Å². The van der Waals surface area contributed by atoms with Crippen molar-refractivity contribution in [2.45, 2.75) is 19.5 Å². The van der Waals surface area contributed by atoms with Crippen LogP contribution in [0.4, 0.5) is 13.2 Å². The van der Waals surface area contributed by atoms with E-state index in [4.69, 9.17) is 11.6 Å². The third-order valence-electron chi connectivity index (χ3n) is 3.81. The first-order chi connectivity index (χ1) is 11.8. The molecule has 0 spiro atoms. The predicted molar refractivity (Wildman–Crippen MR) is 89.8 cm³/mol. The van der Waals surface area contributed by atoms with Crippen LogP contribution in [0.25, 0.3) is 0 Å². The predicted octanol–water partition coefficient (Wildman–Crippen LogP) is 2.65. The van der Waals surface area contributed by atoms with Gasteiger partial charge in [0.15, 0.2) is 6.54 Å². The van der Waals surface area contributed by atoms with Gasteiger partial charge in [0.05, 0.1) is 23.7 Å². The van der Waals surface area contributed by atoms with Gasteiger partial charge in [0.1, 0.15) is 24.0 Å². The smallest absolute Gasteiger partial charge is 0.275 e. The number of carbonyl (C=O) groups is 1. The van der Waals surface area contributed by atoms with E-state index in [-0.39, 0.29) is 24.6 Å². The minimum atomic E-state index is -0.716. The number of hydrogen-bond donors (Lipinski definition) is 2. The Morgan fingerprint density at radius 1 is 1.20 bits per heavy atom. The Morgan fingerprint density at radius 3 is 2.56 bits per heavy atom. The minimum Gasteiger partial charge on any atom is -0.345 e. The number of quaternary nitrogens is 1. The van der Waals surface area contributed by atoms with Crippen molar-refractivity contribution in [1.29, 1.82) is 0 Å². The quantitative estimate of drug-likeness (QED) is 0.804. The molecule has 7 heteroatoms. The molecule has 2 aromatic rings. The molecule has 0 aromatic heterocycles. The first kappa shape index (κ1) is 19.3. The van der Waals surface area contributed by atoms with E-state index < -0.39 is 23.5 Å². The van der Waals surface area contributed by atoms with E-state index in [0.29, 0.717) is 10.6 Å². The van der Waals surface area contributed by atoms with Crippen LogP contribution in [0.3, 0.4) is 0 Å². The lowest BCUT2D eigenvalue weighted by atomic mass is 10.1. The number of benzene rings is 2. The molecule has 0 aliphatic carbocycles. The lowest BCUT2D eigenvalue weighted by Crippen LogP contribution is -3.09. The third kappa shape index (κ3) is 5.21. The highest BCUT2D eigenvalue weighted by Crippen LogP contribution is 2.18. The third-order valence-corrected chi connectivity index (χ3v) is 4.16. The summed E-state index contributed by atoms with van der Waals surface area (Å²) in [7, 11) is 1.73. The maximum Gasteiger partial charge on any atom is 0.275 e. The van der Waals surface area contributed by atoms with Gasteiger partial charge in [-0.15, -0.1) is 0 Å². The molecule has 0 bridgehead atoms. The molecule has 0 saturated carbocycles. The molecule has 0 aliphatic rings. The molecule has 1 unspecified atom stereocenters. The molecule has 2 rings (SSSR count). The van der Waals surface area contributed by atoms with Gasteiger partial charge in [-0.05, 0) is 25.1 Å². The fourth-order valence-electron chi connectivity index (χ4n) is 2.56. The fourth-order valence-corrected chi connectivity index (χ4v) is 2.79. The van der Waals surface area contributed by atoms with Crippen LogP contribution in [0, 0.1) is 17.5 Å². The van der Waals surface area contributed by atoms with Gasteiger partial charge in [0.25, 0.3) is 5.91 Å². The standard InChI is InChI=1S/C18H18ClF3N2O/c1-11(13-7-6-12(20)8-17(13)22)23-18(25)10-24(2)9-14-15(19)4-3-5-16(14)21/h3-8,11H,9-10H2,1-2H3,(H,23,25)/p+1/t11-/m1/s1. The highest BCUT2D eigenvalue weighted by molar-refractivity contribution is 6.31. The Balaban J connectivity index is 1.95. The van der Waals surface area contributed by atoms with Gasteiger partial charge in [-0.2, -0.15) is 0 Å². The van der Waals surface area contributed by atoms with Crippen molar-refractivity contribution < 1.29 is 22.9 Å². The summed E-state index contributed by atoms with van der Waals surface area (Å²) < 4.78 is 40.5. The normalized spacial score (nSPS) is 13.4. The van der Waals surface area contributed by atoms with Crippen molar-refractivity contribution in [1.82, 2.24) is 5.32 Å². The average Bonchev–Trinajstić information content (AvgIpc) is 2.50. The lowest BCUT2D eigenvalue weighted by molar-refractivity contribution is -0.885. The van der Waals surface area contributed by atoms with Gasteiger partial charge in [0.2, 0.25) is 0 Å². The molecule has 0 radical (unpaired) electrons. The number of carbonyl (C=O) groups excluding carboxylic acids is 1. The van der Waals surface area contributed by atoms with Gasteiger partial charge in [-0.1, -0.05) is 23.7 Å². The number of likely N-dealkylation sites (N-methyl/N-ethyl adjacent to an activating group) is 1. The summed E-state index contributed by atoms with van der Waals surface area (Å²) in [5, 5.41) is 2.96. The molecule has 134 valence electrons. The molecule has 25 heavy (non-hydrogen) atoms. The van der Waals surface area contributed by atoms with Crippen LogP contribution >= 0.6 is 11.6 Å². The summed E-state index contributed by atoms with van der Waals surface area (Å²) in [6.07, 6.45) is 0. The average molecular weight is 372 g/mol. The second kappa shape index (κ2) is 8.36. The highest BCUT2D eigenvalue weighted by Gasteiger charge is 2.18. The lowest BCUT2D eigenvalue weighted by Gasteiger charge is -2.18. The maximum atomic E-state index is 13.8. The molecule has 0 heterocycles. The van der Waals surface area contributed by atoms with Gasteiger partial charge < -0.3 is 10.2 Å². The summed E-state index contributed by atoms with van der Waals surface area (Å²) in [5.41, 5.74) is 0.539. The maximum absolute atomic E-state index is 13.8. The monoisotopic (exact) mass is 371 g/mol. The van der Waals surface area contributed by atoms with Gasteiger partial charge in [-0.25, -0.2) is 13.2 Å². The van der Waals surface area contributed by atoms with E-state index in [1.54, 1.807) is 20.0 Å². The molecule has 2 atom stereocenters. The first-order valence-corrected chi connectivity index (χ1v) is 8.14. The molecule has 1 amide bonds. The topological polar surface area (TPSA) is 33.5 Å². The van der Waals surface area contributed by atoms with Crippen LogP contribution in [-0.4, -0.2) is 19.5 Å². The zero-order valence-corrected chi connectivity index (χ0v) is 14.6. The summed E-state index contributed by atoms with van der Waals surface area (Å²) >= 11 is 5.98. The summed E-state index contributed by atoms with van der Waals surface area (Å²) in [6, 6.07) is 7.01. The Hall–Kier alpha value is -2.05.